The molecule has 0 spiro atoms. The van der Waals surface area contributed by atoms with Gasteiger partial charge in [0.2, 0.25) is 0 Å². The fourth-order valence-electron chi connectivity index (χ4n) is 3.57. The molecule has 2 amide bonds. The zero-order valence-electron chi connectivity index (χ0n) is 12.8. The number of carbonyl (C=O) groups excluding carboxylic acids is 1. The molecular weight excluding hydrogens is 254 g/mol. The van der Waals surface area contributed by atoms with Crippen LogP contribution in [0, 0.1) is 5.92 Å². The first kappa shape index (κ1) is 15.6. The van der Waals surface area contributed by atoms with Crippen molar-refractivity contribution in [3.8, 4) is 0 Å². The average Bonchev–Trinajstić information content (AvgIpc) is 2.88. The standard InChI is InChI=1S/C15H29N3O2/c1-18(2)13-8-7-12(9-13)16-15(20)17-14-6-4-3-5-11(14)10-19/h11-14,19H,3-10H2,1-2H3,(H2,16,17,20). The van der Waals surface area contributed by atoms with Crippen LogP contribution < -0.4 is 10.6 Å². The van der Waals surface area contributed by atoms with Gasteiger partial charge in [0, 0.05) is 30.7 Å². The lowest BCUT2D eigenvalue weighted by atomic mass is 9.85. The van der Waals surface area contributed by atoms with Crippen molar-refractivity contribution in [3.05, 3.63) is 0 Å². The van der Waals surface area contributed by atoms with E-state index in [1.807, 2.05) is 0 Å². The number of carbonyl (C=O) groups is 1. The first-order valence-corrected chi connectivity index (χ1v) is 7.94. The summed E-state index contributed by atoms with van der Waals surface area (Å²) < 4.78 is 0. The molecule has 0 radical (unpaired) electrons. The largest absolute Gasteiger partial charge is 0.396 e. The highest BCUT2D eigenvalue weighted by Crippen LogP contribution is 2.25. The number of amides is 2. The van der Waals surface area contributed by atoms with E-state index in [4.69, 9.17) is 0 Å². The minimum Gasteiger partial charge on any atom is -0.396 e. The summed E-state index contributed by atoms with van der Waals surface area (Å²) in [6.07, 6.45) is 7.57. The minimum absolute atomic E-state index is 0.0558. The lowest BCUT2D eigenvalue weighted by Crippen LogP contribution is -2.50. The molecule has 0 bridgehead atoms. The smallest absolute Gasteiger partial charge is 0.315 e. The van der Waals surface area contributed by atoms with Gasteiger partial charge in [-0.2, -0.15) is 0 Å². The molecule has 20 heavy (non-hydrogen) atoms. The molecule has 0 heterocycles. The summed E-state index contributed by atoms with van der Waals surface area (Å²) in [7, 11) is 4.20. The van der Waals surface area contributed by atoms with Crippen molar-refractivity contribution in [2.75, 3.05) is 20.7 Å². The van der Waals surface area contributed by atoms with E-state index in [1.165, 1.54) is 0 Å². The Morgan fingerprint density at radius 2 is 1.90 bits per heavy atom. The van der Waals surface area contributed by atoms with E-state index in [0.717, 1.165) is 44.9 Å². The topological polar surface area (TPSA) is 64.6 Å². The van der Waals surface area contributed by atoms with E-state index in [1.54, 1.807) is 0 Å². The number of nitrogens with zero attached hydrogens (tertiary/aromatic N) is 1. The Kier molecular flexibility index (Phi) is 5.66. The van der Waals surface area contributed by atoms with Crippen molar-refractivity contribution in [2.24, 2.45) is 5.92 Å². The predicted octanol–water partition coefficient (Wildman–Crippen LogP) is 1.32. The molecule has 0 aromatic carbocycles. The van der Waals surface area contributed by atoms with Crippen LogP contribution in [0.3, 0.4) is 0 Å². The third kappa shape index (κ3) is 4.09. The molecule has 2 fully saturated rings. The average molecular weight is 283 g/mol. The Morgan fingerprint density at radius 3 is 2.55 bits per heavy atom. The molecule has 5 heteroatoms. The van der Waals surface area contributed by atoms with Gasteiger partial charge < -0.3 is 20.6 Å². The molecule has 2 aliphatic carbocycles. The SMILES string of the molecule is CN(C)C1CCC(NC(=O)NC2CCCCC2CO)C1. The Balaban J connectivity index is 1.75. The van der Waals surface area contributed by atoms with Gasteiger partial charge in [0.25, 0.3) is 0 Å². The van der Waals surface area contributed by atoms with Crippen LogP contribution in [0.25, 0.3) is 0 Å². The number of nitrogens with one attached hydrogen (secondary N) is 2. The highest BCUT2D eigenvalue weighted by molar-refractivity contribution is 5.74. The van der Waals surface area contributed by atoms with Crippen LogP contribution in [0.1, 0.15) is 44.9 Å². The Bertz CT molecular complexity index is 322. The zero-order valence-corrected chi connectivity index (χ0v) is 12.8. The molecule has 4 unspecified atom stereocenters. The van der Waals surface area contributed by atoms with Crippen LogP contribution in [0.15, 0.2) is 0 Å². The van der Waals surface area contributed by atoms with Gasteiger partial charge in [0.15, 0.2) is 0 Å². The van der Waals surface area contributed by atoms with E-state index < -0.39 is 0 Å². The van der Waals surface area contributed by atoms with Crippen molar-refractivity contribution in [1.82, 2.24) is 15.5 Å². The summed E-state index contributed by atoms with van der Waals surface area (Å²) in [5.74, 6) is 0.229. The summed E-state index contributed by atoms with van der Waals surface area (Å²) in [6, 6.07) is 0.957. The van der Waals surface area contributed by atoms with Gasteiger partial charge in [0.1, 0.15) is 0 Å². The third-order valence-corrected chi connectivity index (χ3v) is 4.93. The van der Waals surface area contributed by atoms with E-state index in [2.05, 4.69) is 29.6 Å². The van der Waals surface area contributed by atoms with Gasteiger partial charge in [-0.1, -0.05) is 12.8 Å². The maximum atomic E-state index is 12.1. The van der Waals surface area contributed by atoms with Crippen molar-refractivity contribution in [1.29, 1.82) is 0 Å². The lowest BCUT2D eigenvalue weighted by Gasteiger charge is -2.31. The maximum Gasteiger partial charge on any atom is 0.315 e. The van der Waals surface area contributed by atoms with E-state index in [9.17, 15) is 9.90 Å². The Morgan fingerprint density at radius 1 is 1.15 bits per heavy atom. The van der Waals surface area contributed by atoms with E-state index in [0.29, 0.717) is 12.1 Å². The quantitative estimate of drug-likeness (QED) is 0.729. The minimum atomic E-state index is -0.0558. The molecule has 3 N–H and O–H groups in total. The number of aliphatic hydroxyl groups is 1. The molecule has 5 nitrogen and oxygen atoms in total. The zero-order chi connectivity index (χ0) is 14.5. The van der Waals surface area contributed by atoms with Gasteiger partial charge in [-0.25, -0.2) is 4.79 Å². The maximum absolute atomic E-state index is 12.1. The van der Waals surface area contributed by atoms with Crippen LogP contribution in [0.5, 0.6) is 0 Å². The van der Waals surface area contributed by atoms with Gasteiger partial charge in [-0.05, 0) is 46.2 Å². The number of hydrogen-bond acceptors (Lipinski definition) is 3. The second-order valence-electron chi connectivity index (χ2n) is 6.58. The molecule has 2 rings (SSSR count). The lowest BCUT2D eigenvalue weighted by molar-refractivity contribution is 0.153. The summed E-state index contributed by atoms with van der Waals surface area (Å²) >= 11 is 0. The van der Waals surface area contributed by atoms with E-state index in [-0.39, 0.29) is 24.6 Å². The summed E-state index contributed by atoms with van der Waals surface area (Å²) in [5.41, 5.74) is 0. The van der Waals surface area contributed by atoms with Crippen molar-refractivity contribution < 1.29 is 9.90 Å². The number of urea groups is 1. The summed E-state index contributed by atoms with van der Waals surface area (Å²) in [5, 5.41) is 15.5. The molecule has 2 aliphatic rings. The van der Waals surface area contributed by atoms with Crippen molar-refractivity contribution in [3.63, 3.8) is 0 Å². The van der Waals surface area contributed by atoms with Crippen LogP contribution in [-0.2, 0) is 0 Å². The van der Waals surface area contributed by atoms with Crippen molar-refractivity contribution >= 4 is 6.03 Å². The second kappa shape index (κ2) is 7.27. The molecule has 2 saturated carbocycles. The number of aliphatic hydroxyl groups excluding tert-OH is 1. The molecule has 0 saturated heterocycles. The fourth-order valence-corrected chi connectivity index (χ4v) is 3.57. The van der Waals surface area contributed by atoms with Crippen LogP contribution >= 0.6 is 0 Å². The fraction of sp³-hybridized carbons (Fsp3) is 0.933. The van der Waals surface area contributed by atoms with Crippen molar-refractivity contribution in [2.45, 2.75) is 63.1 Å². The Labute approximate surface area is 122 Å². The summed E-state index contributed by atoms with van der Waals surface area (Å²) in [4.78, 5) is 14.3. The molecular formula is C15H29N3O2. The Hall–Kier alpha value is -0.810. The predicted molar refractivity (Wildman–Crippen MR) is 79.6 cm³/mol. The first-order chi connectivity index (χ1) is 9.60. The summed E-state index contributed by atoms with van der Waals surface area (Å²) in [6.45, 7) is 0.178. The monoisotopic (exact) mass is 283 g/mol. The van der Waals surface area contributed by atoms with Gasteiger partial charge in [0.05, 0.1) is 0 Å². The molecule has 0 aromatic heterocycles. The molecule has 116 valence electrons. The number of rotatable bonds is 4. The second-order valence-corrected chi connectivity index (χ2v) is 6.58. The van der Waals surface area contributed by atoms with E-state index >= 15 is 0 Å². The third-order valence-electron chi connectivity index (χ3n) is 4.93. The van der Waals surface area contributed by atoms with Crippen LogP contribution in [0.4, 0.5) is 4.79 Å². The molecule has 0 aliphatic heterocycles. The van der Waals surface area contributed by atoms with Crippen LogP contribution in [0.2, 0.25) is 0 Å². The number of hydrogen-bond donors (Lipinski definition) is 3. The molecule has 4 atom stereocenters. The molecule has 0 aromatic rings. The normalized spacial score (nSPS) is 34.2. The van der Waals surface area contributed by atoms with Gasteiger partial charge >= 0.3 is 6.03 Å². The van der Waals surface area contributed by atoms with Gasteiger partial charge in [-0.15, -0.1) is 0 Å². The van der Waals surface area contributed by atoms with Crippen LogP contribution in [-0.4, -0.2) is 54.9 Å². The highest BCUT2D eigenvalue weighted by atomic mass is 16.3. The highest BCUT2D eigenvalue weighted by Gasteiger charge is 2.29. The first-order valence-electron chi connectivity index (χ1n) is 7.94. The van der Waals surface area contributed by atoms with Gasteiger partial charge in [-0.3, -0.25) is 0 Å².